The van der Waals surface area contributed by atoms with E-state index >= 15 is 0 Å². The smallest absolute Gasteiger partial charge is 0.237 e. The van der Waals surface area contributed by atoms with Crippen molar-refractivity contribution >= 4 is 5.91 Å². The molecule has 0 radical (unpaired) electrons. The fraction of sp³-hybridized carbons (Fsp3) is 0.929. The van der Waals surface area contributed by atoms with E-state index in [0.29, 0.717) is 6.04 Å². The van der Waals surface area contributed by atoms with Crippen LogP contribution in [-0.4, -0.2) is 48.6 Å². The molecule has 2 N–H and O–H groups in total. The zero-order chi connectivity index (χ0) is 14.3. The summed E-state index contributed by atoms with van der Waals surface area (Å²) in [7, 11) is 2.13. The summed E-state index contributed by atoms with van der Waals surface area (Å²) in [5.74, 6) is 0.0692. The maximum atomic E-state index is 11.8. The minimum atomic E-state index is -0.162. The average Bonchev–Trinajstić information content (AvgIpc) is 2.20. The maximum Gasteiger partial charge on any atom is 0.237 e. The van der Waals surface area contributed by atoms with Crippen LogP contribution in [0.2, 0.25) is 0 Å². The van der Waals surface area contributed by atoms with Crippen LogP contribution >= 0.6 is 0 Å². The van der Waals surface area contributed by atoms with E-state index in [-0.39, 0.29) is 17.5 Å². The lowest BCUT2D eigenvalue weighted by Gasteiger charge is -2.24. The van der Waals surface area contributed by atoms with Crippen molar-refractivity contribution in [1.29, 1.82) is 0 Å². The van der Waals surface area contributed by atoms with Crippen LogP contribution in [0.15, 0.2) is 0 Å². The number of hydrogen-bond donors (Lipinski definition) is 2. The Hall–Kier alpha value is -0.610. The summed E-state index contributed by atoms with van der Waals surface area (Å²) >= 11 is 0. The SMILES string of the molecule is CC(NCCCN(C)C(C)C)C(=O)NC(C)(C)C. The Kier molecular flexibility index (Phi) is 7.48. The van der Waals surface area contributed by atoms with Crippen LogP contribution in [0.1, 0.15) is 48.0 Å². The molecule has 4 nitrogen and oxygen atoms in total. The first-order valence-corrected chi connectivity index (χ1v) is 6.89. The van der Waals surface area contributed by atoms with Crippen molar-refractivity contribution < 1.29 is 4.79 Å². The van der Waals surface area contributed by atoms with Crippen LogP contribution in [0.25, 0.3) is 0 Å². The van der Waals surface area contributed by atoms with Crippen molar-refractivity contribution in [2.24, 2.45) is 0 Å². The highest BCUT2D eigenvalue weighted by Gasteiger charge is 2.18. The summed E-state index contributed by atoms with van der Waals surface area (Å²) in [5, 5.41) is 6.24. The first kappa shape index (κ1) is 17.4. The second kappa shape index (κ2) is 7.74. The molecule has 0 spiro atoms. The zero-order valence-electron chi connectivity index (χ0n) is 13.1. The van der Waals surface area contributed by atoms with Gasteiger partial charge < -0.3 is 15.5 Å². The maximum absolute atomic E-state index is 11.8. The lowest BCUT2D eigenvalue weighted by molar-refractivity contribution is -0.124. The van der Waals surface area contributed by atoms with Crippen LogP contribution in [0.3, 0.4) is 0 Å². The Labute approximate surface area is 113 Å². The number of nitrogens with one attached hydrogen (secondary N) is 2. The minimum Gasteiger partial charge on any atom is -0.350 e. The van der Waals surface area contributed by atoms with Crippen molar-refractivity contribution in [2.75, 3.05) is 20.1 Å². The standard InChI is InChI=1S/C14H31N3O/c1-11(2)17(7)10-8-9-15-12(3)13(18)16-14(4,5)6/h11-12,15H,8-10H2,1-7H3,(H,16,18). The summed E-state index contributed by atoms with van der Waals surface area (Å²) in [4.78, 5) is 14.1. The van der Waals surface area contributed by atoms with E-state index in [1.807, 2.05) is 27.7 Å². The third-order valence-corrected chi connectivity index (χ3v) is 2.91. The van der Waals surface area contributed by atoms with E-state index < -0.39 is 0 Å². The molecule has 0 aliphatic rings. The topological polar surface area (TPSA) is 44.4 Å². The molecule has 1 amide bonds. The fourth-order valence-corrected chi connectivity index (χ4v) is 1.48. The van der Waals surface area contributed by atoms with Gasteiger partial charge in [-0.3, -0.25) is 4.79 Å². The Bertz CT molecular complexity index is 246. The molecule has 0 aliphatic carbocycles. The monoisotopic (exact) mass is 257 g/mol. The van der Waals surface area contributed by atoms with E-state index in [0.717, 1.165) is 19.5 Å². The van der Waals surface area contributed by atoms with Crippen LogP contribution in [0.4, 0.5) is 0 Å². The molecule has 0 saturated heterocycles. The molecule has 1 unspecified atom stereocenters. The number of nitrogens with zero attached hydrogens (tertiary/aromatic N) is 1. The van der Waals surface area contributed by atoms with Gasteiger partial charge in [0.05, 0.1) is 6.04 Å². The summed E-state index contributed by atoms with van der Waals surface area (Å²) < 4.78 is 0. The largest absolute Gasteiger partial charge is 0.350 e. The quantitative estimate of drug-likeness (QED) is 0.681. The molecule has 0 heterocycles. The molecule has 0 aromatic heterocycles. The normalized spacial score (nSPS) is 14.1. The van der Waals surface area contributed by atoms with E-state index in [2.05, 4.69) is 36.4 Å². The van der Waals surface area contributed by atoms with Gasteiger partial charge in [-0.2, -0.15) is 0 Å². The fourth-order valence-electron chi connectivity index (χ4n) is 1.48. The third-order valence-electron chi connectivity index (χ3n) is 2.91. The summed E-state index contributed by atoms with van der Waals surface area (Å²) in [5.41, 5.74) is -0.162. The number of amides is 1. The minimum absolute atomic E-state index is 0.0692. The molecular formula is C14H31N3O. The zero-order valence-corrected chi connectivity index (χ0v) is 13.1. The molecule has 0 saturated carbocycles. The molecule has 0 rings (SSSR count). The molecule has 0 aliphatic heterocycles. The van der Waals surface area contributed by atoms with Gasteiger partial charge in [0, 0.05) is 11.6 Å². The summed E-state index contributed by atoms with van der Waals surface area (Å²) in [6.07, 6.45) is 1.06. The molecule has 0 fully saturated rings. The lowest BCUT2D eigenvalue weighted by atomic mass is 10.1. The molecule has 1 atom stereocenters. The van der Waals surface area contributed by atoms with Crippen LogP contribution < -0.4 is 10.6 Å². The average molecular weight is 257 g/mol. The summed E-state index contributed by atoms with van der Waals surface area (Å²) in [6, 6.07) is 0.445. The number of rotatable bonds is 7. The molecule has 0 bridgehead atoms. The van der Waals surface area contributed by atoms with Gasteiger partial charge in [0.25, 0.3) is 0 Å². The van der Waals surface area contributed by atoms with E-state index in [1.54, 1.807) is 0 Å². The number of carbonyl (C=O) groups is 1. The Morgan fingerprint density at radius 2 is 1.78 bits per heavy atom. The van der Waals surface area contributed by atoms with Crippen molar-refractivity contribution in [3.63, 3.8) is 0 Å². The molecule has 0 aromatic rings. The van der Waals surface area contributed by atoms with Gasteiger partial charge in [-0.05, 0) is 68.1 Å². The molecule has 108 valence electrons. The first-order valence-electron chi connectivity index (χ1n) is 6.89. The van der Waals surface area contributed by atoms with Gasteiger partial charge in [-0.25, -0.2) is 0 Å². The predicted octanol–water partition coefficient (Wildman–Crippen LogP) is 1.61. The van der Waals surface area contributed by atoms with Gasteiger partial charge >= 0.3 is 0 Å². The van der Waals surface area contributed by atoms with Crippen molar-refractivity contribution in [3.05, 3.63) is 0 Å². The van der Waals surface area contributed by atoms with E-state index in [4.69, 9.17) is 0 Å². The van der Waals surface area contributed by atoms with Crippen LogP contribution in [0.5, 0.6) is 0 Å². The number of carbonyl (C=O) groups excluding carboxylic acids is 1. The van der Waals surface area contributed by atoms with Gasteiger partial charge in [-0.15, -0.1) is 0 Å². The van der Waals surface area contributed by atoms with E-state index in [9.17, 15) is 4.79 Å². The molecule has 0 aromatic carbocycles. The first-order chi connectivity index (χ1) is 8.13. The lowest BCUT2D eigenvalue weighted by Crippen LogP contribution is -2.49. The molecule has 18 heavy (non-hydrogen) atoms. The van der Waals surface area contributed by atoms with Gasteiger partial charge in [0.15, 0.2) is 0 Å². The van der Waals surface area contributed by atoms with Crippen molar-refractivity contribution in [3.8, 4) is 0 Å². The van der Waals surface area contributed by atoms with Crippen LogP contribution in [0, 0.1) is 0 Å². The Balaban J connectivity index is 3.77. The molecule has 4 heteroatoms. The van der Waals surface area contributed by atoms with Crippen molar-refractivity contribution in [2.45, 2.75) is 65.6 Å². The van der Waals surface area contributed by atoms with Gasteiger partial charge in [0.1, 0.15) is 0 Å². The Morgan fingerprint density at radius 1 is 1.22 bits per heavy atom. The number of hydrogen-bond acceptors (Lipinski definition) is 3. The highest BCUT2D eigenvalue weighted by atomic mass is 16.2. The highest BCUT2D eigenvalue weighted by molar-refractivity contribution is 5.81. The Morgan fingerprint density at radius 3 is 2.22 bits per heavy atom. The predicted molar refractivity (Wildman–Crippen MR) is 77.7 cm³/mol. The molecular weight excluding hydrogens is 226 g/mol. The van der Waals surface area contributed by atoms with Crippen molar-refractivity contribution in [1.82, 2.24) is 15.5 Å². The third kappa shape index (κ3) is 8.48. The van der Waals surface area contributed by atoms with Crippen LogP contribution in [-0.2, 0) is 4.79 Å². The highest BCUT2D eigenvalue weighted by Crippen LogP contribution is 1.99. The second-order valence-electron chi connectivity index (χ2n) is 6.34. The summed E-state index contributed by atoms with van der Waals surface area (Å²) in [6.45, 7) is 14.2. The van der Waals surface area contributed by atoms with Gasteiger partial charge in [-0.1, -0.05) is 0 Å². The van der Waals surface area contributed by atoms with Gasteiger partial charge in [0.2, 0.25) is 5.91 Å². The second-order valence-corrected chi connectivity index (χ2v) is 6.34. The van der Waals surface area contributed by atoms with E-state index in [1.165, 1.54) is 0 Å².